The lowest BCUT2D eigenvalue weighted by molar-refractivity contribution is -0.143. The SMILES string of the molecule is CC[C@@]1(C)C[C@@]2(c3ccccc3)OC[C@H](C(C)C)N2C1=O. The molecule has 2 heterocycles. The van der Waals surface area contributed by atoms with Gasteiger partial charge in [-0.05, 0) is 12.3 Å². The van der Waals surface area contributed by atoms with Gasteiger partial charge in [0, 0.05) is 12.0 Å². The molecule has 2 saturated heterocycles. The molecule has 1 amide bonds. The molecule has 2 fully saturated rings. The molecule has 0 N–H and O–H groups in total. The van der Waals surface area contributed by atoms with Crippen LogP contribution in [0.5, 0.6) is 0 Å². The summed E-state index contributed by atoms with van der Waals surface area (Å²) in [6.07, 6.45) is 1.60. The summed E-state index contributed by atoms with van der Waals surface area (Å²) in [7, 11) is 0. The Bertz CT molecular complexity index is 541. The van der Waals surface area contributed by atoms with E-state index in [4.69, 9.17) is 4.74 Å². The average Bonchev–Trinajstić information content (AvgIpc) is 2.96. The molecule has 3 heteroatoms. The van der Waals surface area contributed by atoms with Crippen molar-refractivity contribution < 1.29 is 9.53 Å². The van der Waals surface area contributed by atoms with Crippen LogP contribution in [-0.2, 0) is 15.3 Å². The van der Waals surface area contributed by atoms with Gasteiger partial charge in [-0.15, -0.1) is 0 Å². The summed E-state index contributed by atoms with van der Waals surface area (Å²) in [4.78, 5) is 15.1. The van der Waals surface area contributed by atoms with Crippen LogP contribution in [0.25, 0.3) is 0 Å². The summed E-state index contributed by atoms with van der Waals surface area (Å²) in [5, 5.41) is 0. The molecule has 0 bridgehead atoms. The normalized spacial score (nSPS) is 35.6. The van der Waals surface area contributed by atoms with Crippen molar-refractivity contribution in [3.05, 3.63) is 35.9 Å². The van der Waals surface area contributed by atoms with Gasteiger partial charge in [0.25, 0.3) is 0 Å². The minimum absolute atomic E-state index is 0.172. The van der Waals surface area contributed by atoms with Crippen molar-refractivity contribution in [2.24, 2.45) is 11.3 Å². The predicted molar refractivity (Wildman–Crippen MR) is 82.6 cm³/mol. The Morgan fingerprint density at radius 2 is 2.00 bits per heavy atom. The van der Waals surface area contributed by atoms with Gasteiger partial charge in [0.15, 0.2) is 5.72 Å². The van der Waals surface area contributed by atoms with E-state index in [9.17, 15) is 4.79 Å². The maximum absolute atomic E-state index is 13.1. The van der Waals surface area contributed by atoms with E-state index in [2.05, 4.69) is 44.7 Å². The Hall–Kier alpha value is -1.35. The van der Waals surface area contributed by atoms with Gasteiger partial charge in [0.05, 0.1) is 18.1 Å². The third-order valence-corrected chi connectivity index (χ3v) is 5.35. The van der Waals surface area contributed by atoms with Crippen LogP contribution < -0.4 is 0 Å². The van der Waals surface area contributed by atoms with Crippen LogP contribution in [0.4, 0.5) is 0 Å². The Labute approximate surface area is 127 Å². The van der Waals surface area contributed by atoms with Crippen molar-refractivity contribution in [2.75, 3.05) is 6.61 Å². The monoisotopic (exact) mass is 287 g/mol. The first kappa shape index (κ1) is 14.6. The lowest BCUT2D eigenvalue weighted by Crippen LogP contribution is -2.46. The second-order valence-electron chi connectivity index (χ2n) is 7.04. The number of carbonyl (C=O) groups excluding carboxylic acids is 1. The molecule has 1 aromatic carbocycles. The molecule has 3 rings (SSSR count). The van der Waals surface area contributed by atoms with Crippen molar-refractivity contribution >= 4 is 5.91 Å². The highest BCUT2D eigenvalue weighted by molar-refractivity contribution is 5.86. The number of amides is 1. The number of rotatable bonds is 3. The molecule has 0 saturated carbocycles. The Balaban J connectivity index is 2.11. The zero-order chi connectivity index (χ0) is 15.3. The lowest BCUT2D eigenvalue weighted by atomic mass is 9.82. The second-order valence-corrected chi connectivity index (χ2v) is 7.04. The summed E-state index contributed by atoms with van der Waals surface area (Å²) < 4.78 is 6.30. The van der Waals surface area contributed by atoms with Crippen LogP contribution in [0.2, 0.25) is 0 Å². The van der Waals surface area contributed by atoms with Gasteiger partial charge in [-0.1, -0.05) is 58.0 Å². The number of hydrogen-bond acceptors (Lipinski definition) is 2. The van der Waals surface area contributed by atoms with Gasteiger partial charge in [-0.25, -0.2) is 0 Å². The molecule has 3 nitrogen and oxygen atoms in total. The first-order chi connectivity index (χ1) is 9.94. The van der Waals surface area contributed by atoms with Gasteiger partial charge >= 0.3 is 0 Å². The molecular weight excluding hydrogens is 262 g/mol. The first-order valence-electron chi connectivity index (χ1n) is 7.98. The van der Waals surface area contributed by atoms with Crippen molar-refractivity contribution in [3.63, 3.8) is 0 Å². The lowest BCUT2D eigenvalue weighted by Gasteiger charge is -2.34. The zero-order valence-electron chi connectivity index (χ0n) is 13.4. The number of ether oxygens (including phenoxy) is 1. The third-order valence-electron chi connectivity index (χ3n) is 5.35. The van der Waals surface area contributed by atoms with Crippen molar-refractivity contribution in [1.82, 2.24) is 4.90 Å². The Morgan fingerprint density at radius 3 is 2.57 bits per heavy atom. The summed E-state index contributed by atoms with van der Waals surface area (Å²) in [5.41, 5.74) is 0.236. The molecule has 0 spiro atoms. The summed E-state index contributed by atoms with van der Waals surface area (Å²) >= 11 is 0. The third kappa shape index (κ3) is 1.94. The molecule has 2 aliphatic rings. The molecule has 0 aromatic heterocycles. The van der Waals surface area contributed by atoms with Gasteiger partial charge < -0.3 is 9.64 Å². The number of fused-ring (bicyclic) bond motifs is 1. The molecule has 114 valence electrons. The van der Waals surface area contributed by atoms with Gasteiger partial charge in [0.1, 0.15) is 0 Å². The number of benzene rings is 1. The largest absolute Gasteiger partial charge is 0.349 e. The van der Waals surface area contributed by atoms with E-state index in [1.54, 1.807) is 0 Å². The molecule has 0 unspecified atom stereocenters. The minimum atomic E-state index is -0.557. The van der Waals surface area contributed by atoms with Crippen LogP contribution in [0.1, 0.15) is 46.1 Å². The van der Waals surface area contributed by atoms with E-state index < -0.39 is 5.72 Å². The van der Waals surface area contributed by atoms with E-state index in [1.807, 2.05) is 18.2 Å². The summed E-state index contributed by atoms with van der Waals surface area (Å²) in [6.45, 7) is 9.16. The molecule has 0 radical (unpaired) electrons. The van der Waals surface area contributed by atoms with Crippen molar-refractivity contribution in [3.8, 4) is 0 Å². The van der Waals surface area contributed by atoms with Crippen LogP contribution in [0, 0.1) is 11.3 Å². The quantitative estimate of drug-likeness (QED) is 0.851. The smallest absolute Gasteiger partial charge is 0.231 e. The zero-order valence-corrected chi connectivity index (χ0v) is 13.4. The second kappa shape index (κ2) is 4.84. The van der Waals surface area contributed by atoms with Crippen LogP contribution in [-0.4, -0.2) is 23.5 Å². The van der Waals surface area contributed by atoms with Crippen LogP contribution >= 0.6 is 0 Å². The van der Waals surface area contributed by atoms with E-state index in [1.165, 1.54) is 0 Å². The van der Waals surface area contributed by atoms with Crippen molar-refractivity contribution in [2.45, 2.75) is 52.3 Å². The molecule has 2 aliphatic heterocycles. The standard InChI is InChI=1S/C18H25NO2/c1-5-17(4)12-18(14-9-7-6-8-10-14)19(16(17)20)15(11-21-18)13(2)3/h6-10,13,15H,5,11-12H2,1-4H3/t15-,17+,18+/m1/s1. The fourth-order valence-electron chi connectivity index (χ4n) is 3.77. The van der Waals surface area contributed by atoms with Crippen LogP contribution in [0.3, 0.4) is 0 Å². The highest BCUT2D eigenvalue weighted by Gasteiger charge is 2.63. The molecule has 0 aliphatic carbocycles. The van der Waals surface area contributed by atoms with Gasteiger partial charge in [0.2, 0.25) is 5.91 Å². The topological polar surface area (TPSA) is 29.5 Å². The molecule has 21 heavy (non-hydrogen) atoms. The van der Waals surface area contributed by atoms with Crippen LogP contribution in [0.15, 0.2) is 30.3 Å². The fourth-order valence-corrected chi connectivity index (χ4v) is 3.77. The maximum atomic E-state index is 13.1. The molecule has 3 atom stereocenters. The highest BCUT2D eigenvalue weighted by Crippen LogP contribution is 2.55. The van der Waals surface area contributed by atoms with E-state index in [0.29, 0.717) is 12.5 Å². The fraction of sp³-hybridized carbons (Fsp3) is 0.611. The van der Waals surface area contributed by atoms with E-state index >= 15 is 0 Å². The Kier molecular flexibility index (Phi) is 3.36. The number of hydrogen-bond donors (Lipinski definition) is 0. The predicted octanol–water partition coefficient (Wildman–Crippen LogP) is 3.54. The number of carbonyl (C=O) groups is 1. The summed E-state index contributed by atoms with van der Waals surface area (Å²) in [6, 6.07) is 10.4. The highest BCUT2D eigenvalue weighted by atomic mass is 16.5. The van der Waals surface area contributed by atoms with E-state index in [0.717, 1.165) is 18.4 Å². The maximum Gasteiger partial charge on any atom is 0.231 e. The Morgan fingerprint density at radius 1 is 1.33 bits per heavy atom. The van der Waals surface area contributed by atoms with Crippen molar-refractivity contribution in [1.29, 1.82) is 0 Å². The first-order valence-corrected chi connectivity index (χ1v) is 7.98. The average molecular weight is 287 g/mol. The molecular formula is C18H25NO2. The summed E-state index contributed by atoms with van der Waals surface area (Å²) in [5.74, 6) is 0.656. The van der Waals surface area contributed by atoms with E-state index in [-0.39, 0.29) is 17.4 Å². The molecule has 1 aromatic rings. The number of nitrogens with zero attached hydrogens (tertiary/aromatic N) is 1. The van der Waals surface area contributed by atoms with Gasteiger partial charge in [-0.3, -0.25) is 4.79 Å². The van der Waals surface area contributed by atoms with Gasteiger partial charge in [-0.2, -0.15) is 0 Å². The minimum Gasteiger partial charge on any atom is -0.349 e.